The average molecular weight is 393 g/mol. The molecule has 0 saturated heterocycles. The Bertz CT molecular complexity index is 851. The van der Waals surface area contributed by atoms with Gasteiger partial charge >= 0.3 is 136 Å². The van der Waals surface area contributed by atoms with Crippen LogP contribution in [0.15, 0.2) is 60.8 Å². The molecule has 104 valence electrons. The van der Waals surface area contributed by atoms with Crippen LogP contribution < -0.4 is 3.27 Å². The van der Waals surface area contributed by atoms with Gasteiger partial charge < -0.3 is 0 Å². The van der Waals surface area contributed by atoms with Crippen LogP contribution in [0.1, 0.15) is 14.8 Å². The van der Waals surface area contributed by atoms with E-state index in [1.807, 2.05) is 18.3 Å². The summed E-state index contributed by atoms with van der Waals surface area (Å²) in [6.45, 7) is 0. The summed E-state index contributed by atoms with van der Waals surface area (Å²) in [7, 11) is 14.0. The van der Waals surface area contributed by atoms with Crippen LogP contribution in [0.25, 0.3) is 17.0 Å². The number of hydrogen-bond donors (Lipinski definition) is 1. The van der Waals surface area contributed by atoms with E-state index in [1.54, 1.807) is 0 Å². The van der Waals surface area contributed by atoms with E-state index < -0.39 is 17.9 Å². The van der Waals surface area contributed by atoms with E-state index in [0.29, 0.717) is 0 Å². The van der Waals surface area contributed by atoms with E-state index in [-0.39, 0.29) is 3.63 Å². The molecule has 1 nitrogen and oxygen atoms in total. The van der Waals surface area contributed by atoms with Crippen molar-refractivity contribution in [2.24, 2.45) is 0 Å². The first-order chi connectivity index (χ1) is 10.2. The molecule has 3 aromatic rings. The van der Waals surface area contributed by atoms with Crippen molar-refractivity contribution >= 4 is 37.3 Å². The number of para-hydroxylation sites is 1. The van der Waals surface area contributed by atoms with Gasteiger partial charge in [0.15, 0.2) is 0 Å². The van der Waals surface area contributed by atoms with E-state index in [4.69, 9.17) is 17.0 Å². The third kappa shape index (κ3) is 2.16. The van der Waals surface area contributed by atoms with Gasteiger partial charge in [-0.05, 0) is 0 Å². The van der Waals surface area contributed by atoms with Crippen LogP contribution in [0, 0.1) is 0 Å². The molecule has 1 aliphatic rings. The van der Waals surface area contributed by atoms with Crippen molar-refractivity contribution in [3.8, 4) is 0 Å². The van der Waals surface area contributed by atoms with Crippen molar-refractivity contribution in [1.82, 2.24) is 4.98 Å². The molecule has 1 heterocycles. The Morgan fingerprint density at radius 2 is 1.71 bits per heavy atom. The van der Waals surface area contributed by atoms with Crippen LogP contribution in [-0.4, -0.2) is 4.98 Å². The van der Waals surface area contributed by atoms with Crippen molar-refractivity contribution in [2.45, 2.75) is 3.63 Å². The standard InChI is InChI=1S/C9H7.C8H6N.2ClH.Zr/c1-2-5-9-7-3-6-8(9)4-1;1-2-4-8-7(3-1)5-6-9-8;;;/h1-7H;1-4,6,9H;2*1H;/q;;;;+2/p-2. The predicted molar refractivity (Wildman–Crippen MR) is 87.9 cm³/mol. The topological polar surface area (TPSA) is 15.8 Å². The Balaban J connectivity index is 1.86. The number of halogens is 2. The predicted octanol–water partition coefficient (Wildman–Crippen LogP) is 5.02. The minimum absolute atomic E-state index is 0.165. The first-order valence-corrected chi connectivity index (χ1v) is 15.9. The van der Waals surface area contributed by atoms with Gasteiger partial charge in [0.25, 0.3) is 0 Å². The molecule has 2 aromatic carbocycles. The van der Waals surface area contributed by atoms with Gasteiger partial charge in [0, 0.05) is 0 Å². The summed E-state index contributed by atoms with van der Waals surface area (Å²) >= 11 is -3.55. The first kappa shape index (κ1) is 13.8. The molecule has 1 N–H and O–H groups in total. The van der Waals surface area contributed by atoms with Gasteiger partial charge in [0.1, 0.15) is 0 Å². The van der Waals surface area contributed by atoms with Gasteiger partial charge in [-0.1, -0.05) is 0 Å². The maximum atomic E-state index is 7.02. The van der Waals surface area contributed by atoms with E-state index in [9.17, 15) is 0 Å². The molecule has 4 heteroatoms. The molecule has 1 aromatic heterocycles. The van der Waals surface area contributed by atoms with Crippen molar-refractivity contribution in [2.75, 3.05) is 0 Å². The molecule has 1 unspecified atom stereocenters. The molecule has 4 rings (SSSR count). The Kier molecular flexibility index (Phi) is 3.37. The van der Waals surface area contributed by atoms with Crippen LogP contribution in [0.3, 0.4) is 0 Å². The molecule has 0 aliphatic heterocycles. The van der Waals surface area contributed by atoms with E-state index in [2.05, 4.69) is 53.5 Å². The third-order valence-corrected chi connectivity index (χ3v) is 15.3. The van der Waals surface area contributed by atoms with Gasteiger partial charge in [-0.25, -0.2) is 0 Å². The fraction of sp³-hybridized carbons (Fsp3) is 0.0588. The van der Waals surface area contributed by atoms with E-state index >= 15 is 0 Å². The molecule has 0 spiro atoms. The van der Waals surface area contributed by atoms with Gasteiger partial charge in [-0.3, -0.25) is 0 Å². The Morgan fingerprint density at radius 1 is 0.952 bits per heavy atom. The summed E-state index contributed by atoms with van der Waals surface area (Å²) in [6.07, 6.45) is 6.34. The van der Waals surface area contributed by atoms with Crippen molar-refractivity contribution < 1.29 is 17.9 Å². The number of benzene rings is 2. The summed E-state index contributed by atoms with van der Waals surface area (Å²) in [6, 6.07) is 16.6. The first-order valence-electron chi connectivity index (χ1n) is 6.89. The average Bonchev–Trinajstić information content (AvgIpc) is 3.12. The van der Waals surface area contributed by atoms with Crippen molar-refractivity contribution in [3.63, 3.8) is 0 Å². The number of rotatable bonds is 2. The number of hydrogen-bond acceptors (Lipinski definition) is 0. The summed E-state index contributed by atoms with van der Waals surface area (Å²) in [5.74, 6) is 0. The van der Waals surface area contributed by atoms with Crippen LogP contribution in [0.5, 0.6) is 0 Å². The van der Waals surface area contributed by atoms with E-state index in [0.717, 1.165) is 14.2 Å². The van der Waals surface area contributed by atoms with Gasteiger partial charge in [0.2, 0.25) is 0 Å². The molecular weight excluding hydrogens is 380 g/mol. The number of allylic oxidation sites excluding steroid dienone is 1. The molecule has 1 aliphatic carbocycles. The second-order valence-corrected chi connectivity index (χ2v) is 19.5. The number of H-pyrrole nitrogens is 1. The molecule has 0 amide bonds. The van der Waals surface area contributed by atoms with Crippen LogP contribution in [-0.2, 0) is 17.9 Å². The zero-order valence-electron chi connectivity index (χ0n) is 11.2. The maximum absolute atomic E-state index is 7.02. The van der Waals surface area contributed by atoms with Gasteiger partial charge in [-0.2, -0.15) is 0 Å². The molecule has 1 atom stereocenters. The van der Waals surface area contributed by atoms with Crippen LogP contribution >= 0.6 is 17.0 Å². The van der Waals surface area contributed by atoms with Crippen molar-refractivity contribution in [1.29, 1.82) is 0 Å². The van der Waals surface area contributed by atoms with Crippen LogP contribution in [0.4, 0.5) is 0 Å². The molecule has 0 radical (unpaired) electrons. The van der Waals surface area contributed by atoms with Gasteiger partial charge in [0.05, 0.1) is 0 Å². The molecule has 0 fully saturated rings. The summed E-state index contributed by atoms with van der Waals surface area (Å²) in [5.41, 5.74) is 3.61. The molecule has 0 bridgehead atoms. The van der Waals surface area contributed by atoms with E-state index in [1.165, 1.54) is 11.1 Å². The zero-order chi connectivity index (χ0) is 14.4. The summed E-state index contributed by atoms with van der Waals surface area (Å²) < 4.78 is 1.30. The second kappa shape index (κ2) is 5.12. The molecule has 0 saturated carbocycles. The molecule has 21 heavy (non-hydrogen) atoms. The number of aromatic amines is 1. The fourth-order valence-corrected chi connectivity index (χ4v) is 12.5. The zero-order valence-corrected chi connectivity index (χ0v) is 15.2. The fourth-order valence-electron chi connectivity index (χ4n) is 3.08. The Morgan fingerprint density at radius 3 is 2.62 bits per heavy atom. The van der Waals surface area contributed by atoms with Crippen LogP contribution in [0.2, 0.25) is 0 Å². The molecular formula is C17H13Cl2NZr. The Hall–Kier alpha value is -0.817. The third-order valence-electron chi connectivity index (χ3n) is 4.14. The SMILES string of the molecule is [Cl][Zr]([Cl])([c]1c[nH]c2ccccc12)[CH]1C=Cc2ccccc21. The quantitative estimate of drug-likeness (QED) is 0.629. The van der Waals surface area contributed by atoms with Crippen molar-refractivity contribution in [3.05, 3.63) is 71.9 Å². The Labute approximate surface area is 135 Å². The normalized spacial score (nSPS) is 17.3. The second-order valence-electron chi connectivity index (χ2n) is 5.34. The monoisotopic (exact) mass is 391 g/mol. The number of fused-ring (bicyclic) bond motifs is 2. The minimum atomic E-state index is -3.55. The number of aromatic nitrogens is 1. The number of nitrogens with one attached hydrogen (secondary N) is 1. The summed E-state index contributed by atoms with van der Waals surface area (Å²) in [4.78, 5) is 3.30. The summed E-state index contributed by atoms with van der Waals surface area (Å²) in [5, 5.41) is 1.16. The van der Waals surface area contributed by atoms with Gasteiger partial charge in [-0.15, -0.1) is 0 Å².